The Morgan fingerprint density at radius 1 is 0.828 bits per heavy atom. The van der Waals surface area contributed by atoms with Gasteiger partial charge in [-0.3, -0.25) is 29.5 Å². The number of nitrogens with zero attached hydrogens (tertiary/aromatic N) is 2. The number of phenolic OH excluding ortho intramolecular Hbond substituents is 1. The lowest BCUT2D eigenvalue weighted by molar-refractivity contribution is -0.138. The first kappa shape index (κ1) is 37.3. The van der Waals surface area contributed by atoms with Gasteiger partial charge in [-0.15, -0.1) is 0 Å². The second kappa shape index (κ2) is 14.6. The van der Waals surface area contributed by atoms with Crippen LogP contribution in [0.1, 0.15) is 47.9 Å². The van der Waals surface area contributed by atoms with Crippen molar-refractivity contribution >= 4 is 46.6 Å². The monoisotopic (exact) mass is 795 g/mol. The number of phenols is 1. The molecule has 11 heteroatoms. The maximum Gasteiger partial charge on any atom is 0.260 e. The minimum absolute atomic E-state index is 0.0684. The number of fused-ring (bicyclic) bond motifs is 4. The zero-order chi connectivity index (χ0) is 40.3. The maximum atomic E-state index is 15.4. The van der Waals surface area contributed by atoms with Crippen molar-refractivity contribution in [1.29, 1.82) is 0 Å². The zero-order valence-corrected chi connectivity index (χ0v) is 32.2. The van der Waals surface area contributed by atoms with E-state index in [1.807, 2.05) is 55.5 Å². The average Bonchev–Trinajstić information content (AvgIpc) is 3.62. The summed E-state index contributed by atoms with van der Waals surface area (Å²) in [6.45, 7) is 2.28. The predicted octanol–water partition coefficient (Wildman–Crippen LogP) is 8.52. The second-order valence-electron chi connectivity index (χ2n) is 15.4. The molecular formula is C47H39ClFN3O6. The van der Waals surface area contributed by atoms with Crippen molar-refractivity contribution in [3.8, 4) is 11.5 Å². The molecule has 1 saturated carbocycles. The van der Waals surface area contributed by atoms with Crippen molar-refractivity contribution in [3.05, 3.63) is 166 Å². The standard InChI is InChI=1S/C47H39ClFN3O6/c1-2-27-8-18-33(19-9-27)51-43(54)37-23-22-35-38(41(37)45(51)56)25-39-44(55)52(50-32-16-14-31(49)15-17-32)46(57)47(39,29-10-12-30(48)13-11-29)42(35)36-21-20-34(24-40(36)53)58-26-28-6-4-3-5-7-28/h3-22,24,37-39,41-42,50,53H,2,23,25-26H2,1H3/t37-,38+,39-,41-,42+,47+/m0/s1. The van der Waals surface area contributed by atoms with Gasteiger partial charge in [0, 0.05) is 22.6 Å². The van der Waals surface area contributed by atoms with Crippen molar-refractivity contribution in [2.45, 2.75) is 44.1 Å². The van der Waals surface area contributed by atoms with Gasteiger partial charge in [0.25, 0.3) is 11.8 Å². The first-order chi connectivity index (χ1) is 28.1. The third-order valence-electron chi connectivity index (χ3n) is 12.4. The van der Waals surface area contributed by atoms with Crippen LogP contribution in [0.4, 0.5) is 15.8 Å². The van der Waals surface area contributed by atoms with Gasteiger partial charge >= 0.3 is 0 Å². The largest absolute Gasteiger partial charge is 0.508 e. The van der Waals surface area contributed by atoms with Crippen molar-refractivity contribution in [3.63, 3.8) is 0 Å². The fraction of sp³-hybridized carbons (Fsp3) is 0.234. The summed E-state index contributed by atoms with van der Waals surface area (Å²) in [6.07, 6.45) is 3.03. The summed E-state index contributed by atoms with van der Waals surface area (Å²) in [4.78, 5) is 60.5. The molecule has 6 atom stereocenters. The molecule has 2 N–H and O–H groups in total. The number of carbonyl (C=O) groups excluding carboxylic acids is 4. The molecule has 2 aliphatic carbocycles. The Morgan fingerprint density at radius 2 is 1.55 bits per heavy atom. The molecule has 3 fully saturated rings. The third kappa shape index (κ3) is 5.97. The number of benzene rings is 5. The first-order valence-electron chi connectivity index (χ1n) is 19.4. The van der Waals surface area contributed by atoms with Crippen LogP contribution >= 0.6 is 11.6 Å². The Bertz CT molecular complexity index is 2480. The minimum Gasteiger partial charge on any atom is -0.508 e. The molecule has 0 unspecified atom stereocenters. The molecule has 5 aromatic rings. The van der Waals surface area contributed by atoms with Crippen LogP contribution in [0.25, 0.3) is 0 Å². The van der Waals surface area contributed by atoms with E-state index in [1.165, 1.54) is 35.2 Å². The minimum atomic E-state index is -1.64. The van der Waals surface area contributed by atoms with Gasteiger partial charge in [0.15, 0.2) is 0 Å². The van der Waals surface area contributed by atoms with Crippen LogP contribution in [0.5, 0.6) is 11.5 Å². The number of hydrazine groups is 1. The van der Waals surface area contributed by atoms with Crippen LogP contribution in [0.15, 0.2) is 133 Å². The maximum absolute atomic E-state index is 15.4. The van der Waals surface area contributed by atoms with E-state index in [-0.39, 0.29) is 37.0 Å². The summed E-state index contributed by atoms with van der Waals surface area (Å²) in [5.41, 5.74) is 5.64. The Morgan fingerprint density at radius 3 is 2.24 bits per heavy atom. The number of anilines is 2. The third-order valence-corrected chi connectivity index (χ3v) is 12.7. The van der Waals surface area contributed by atoms with Gasteiger partial charge in [-0.1, -0.05) is 90.8 Å². The van der Waals surface area contributed by atoms with Crippen LogP contribution in [0, 0.1) is 29.5 Å². The fourth-order valence-electron chi connectivity index (χ4n) is 9.73. The number of hydrogen-bond acceptors (Lipinski definition) is 7. The lowest BCUT2D eigenvalue weighted by atomic mass is 9.49. The Kier molecular flexibility index (Phi) is 9.39. The summed E-state index contributed by atoms with van der Waals surface area (Å²) in [5, 5.41) is 13.4. The molecule has 58 heavy (non-hydrogen) atoms. The molecule has 4 aliphatic rings. The molecule has 0 bridgehead atoms. The number of amides is 4. The number of hydrogen-bond donors (Lipinski definition) is 2. The summed E-state index contributed by atoms with van der Waals surface area (Å²) < 4.78 is 20.0. The predicted molar refractivity (Wildman–Crippen MR) is 216 cm³/mol. The molecule has 5 aromatic carbocycles. The van der Waals surface area contributed by atoms with E-state index in [4.69, 9.17) is 16.3 Å². The van der Waals surface area contributed by atoms with E-state index in [0.717, 1.165) is 22.6 Å². The summed E-state index contributed by atoms with van der Waals surface area (Å²) in [6, 6.07) is 34.0. The number of ether oxygens (including phenoxy) is 1. The number of aryl methyl sites for hydroxylation is 1. The normalized spacial score (nSPS) is 24.9. The van der Waals surface area contributed by atoms with Gasteiger partial charge < -0.3 is 9.84 Å². The number of allylic oxidation sites excluding steroid dienone is 2. The SMILES string of the molecule is CCc1ccc(N2C(=O)[C@H]3[C@H](CC=C4[C@H]3C[C@H]3C(=O)N(Nc5ccc(F)cc5)C(=O)[C@@]3(c3ccc(Cl)cc3)[C@H]4c3ccc(OCc4ccccc4)cc3O)C2=O)cc1. The van der Waals surface area contributed by atoms with Crippen molar-refractivity contribution in [1.82, 2.24) is 5.01 Å². The number of aromatic hydroxyl groups is 1. The molecule has 0 radical (unpaired) electrons. The molecule has 9 nitrogen and oxygen atoms in total. The average molecular weight is 796 g/mol. The highest BCUT2D eigenvalue weighted by Gasteiger charge is 2.70. The van der Waals surface area contributed by atoms with Crippen LogP contribution < -0.4 is 15.1 Å². The van der Waals surface area contributed by atoms with E-state index in [1.54, 1.807) is 48.5 Å². The van der Waals surface area contributed by atoms with Crippen LogP contribution in [0.2, 0.25) is 5.02 Å². The van der Waals surface area contributed by atoms with Crippen molar-refractivity contribution < 1.29 is 33.4 Å². The molecule has 292 valence electrons. The van der Waals surface area contributed by atoms with Gasteiger partial charge in [0.05, 0.1) is 34.5 Å². The molecule has 0 spiro atoms. The number of halogens is 2. The van der Waals surface area contributed by atoms with E-state index < -0.39 is 52.6 Å². The van der Waals surface area contributed by atoms with E-state index in [9.17, 15) is 23.9 Å². The molecule has 2 aliphatic heterocycles. The number of carbonyl (C=O) groups is 4. The van der Waals surface area contributed by atoms with E-state index in [2.05, 4.69) is 5.43 Å². The van der Waals surface area contributed by atoms with Crippen LogP contribution in [-0.2, 0) is 37.6 Å². The lowest BCUT2D eigenvalue weighted by Crippen LogP contribution is -2.53. The molecule has 4 amide bonds. The molecule has 2 saturated heterocycles. The molecule has 0 aromatic heterocycles. The highest BCUT2D eigenvalue weighted by molar-refractivity contribution is 6.30. The quantitative estimate of drug-likeness (QED) is 0.114. The van der Waals surface area contributed by atoms with Gasteiger partial charge in [-0.2, -0.15) is 5.01 Å². The second-order valence-corrected chi connectivity index (χ2v) is 15.8. The fourth-order valence-corrected chi connectivity index (χ4v) is 9.86. The summed E-state index contributed by atoms with van der Waals surface area (Å²) in [7, 11) is 0. The van der Waals surface area contributed by atoms with Crippen molar-refractivity contribution in [2.75, 3.05) is 10.3 Å². The molecule has 9 rings (SSSR count). The van der Waals surface area contributed by atoms with E-state index in [0.29, 0.717) is 38.8 Å². The van der Waals surface area contributed by atoms with Crippen LogP contribution in [-0.4, -0.2) is 33.7 Å². The molecular weight excluding hydrogens is 757 g/mol. The first-order valence-corrected chi connectivity index (χ1v) is 19.8. The summed E-state index contributed by atoms with van der Waals surface area (Å²) in [5.74, 6) is -6.24. The number of imide groups is 2. The van der Waals surface area contributed by atoms with Gasteiger partial charge in [-0.05, 0) is 96.5 Å². The Balaban J connectivity index is 1.19. The Labute approximate surface area is 339 Å². The zero-order valence-electron chi connectivity index (χ0n) is 31.5. The number of nitrogens with one attached hydrogen (secondary N) is 1. The number of rotatable bonds is 9. The smallest absolute Gasteiger partial charge is 0.260 e. The van der Waals surface area contributed by atoms with Gasteiger partial charge in [0.2, 0.25) is 11.8 Å². The van der Waals surface area contributed by atoms with Crippen molar-refractivity contribution in [2.24, 2.45) is 23.7 Å². The lowest BCUT2D eigenvalue weighted by Gasteiger charge is -2.50. The highest BCUT2D eigenvalue weighted by atomic mass is 35.5. The van der Waals surface area contributed by atoms with Crippen LogP contribution in [0.3, 0.4) is 0 Å². The highest BCUT2D eigenvalue weighted by Crippen LogP contribution is 2.65. The van der Waals surface area contributed by atoms with E-state index >= 15 is 4.79 Å². The van der Waals surface area contributed by atoms with Gasteiger partial charge in [-0.25, -0.2) is 4.39 Å². The van der Waals surface area contributed by atoms with Gasteiger partial charge in [0.1, 0.15) is 23.9 Å². The summed E-state index contributed by atoms with van der Waals surface area (Å²) >= 11 is 6.41. The molecule has 2 heterocycles. The topological polar surface area (TPSA) is 116 Å². The Hall–Kier alpha value is -6.26.